The quantitative estimate of drug-likeness (QED) is 0.403. The molecular weight excluding hydrogens is 326 g/mol. The zero-order chi connectivity index (χ0) is 17.5. The SMILES string of the molecule is NOc1cc2cc3ccc(cc4nc(cc5nc(cc1[nH]2)C=C5)C=C4)[nH]3. The van der Waals surface area contributed by atoms with Crippen molar-refractivity contribution in [1.29, 1.82) is 0 Å². The maximum atomic E-state index is 5.42. The van der Waals surface area contributed by atoms with Crippen LogP contribution in [-0.2, 0) is 0 Å². The summed E-state index contributed by atoms with van der Waals surface area (Å²) in [6, 6.07) is 13.7. The molecular formula is C20H15N5O. The van der Waals surface area contributed by atoms with Crippen LogP contribution in [0, 0.1) is 0 Å². The Morgan fingerprint density at radius 1 is 0.654 bits per heavy atom. The van der Waals surface area contributed by atoms with Gasteiger partial charge in [-0.3, -0.25) is 0 Å². The van der Waals surface area contributed by atoms with E-state index >= 15 is 0 Å². The molecule has 6 heteroatoms. The van der Waals surface area contributed by atoms with E-state index in [-0.39, 0.29) is 0 Å². The zero-order valence-electron chi connectivity index (χ0n) is 13.7. The largest absolute Gasteiger partial charge is 0.409 e. The molecule has 0 saturated heterocycles. The summed E-state index contributed by atoms with van der Waals surface area (Å²) >= 11 is 0. The first-order chi connectivity index (χ1) is 12.7. The first-order valence-electron chi connectivity index (χ1n) is 8.20. The number of nitrogens with two attached hydrogens (primary N) is 1. The zero-order valence-corrected chi connectivity index (χ0v) is 13.7. The summed E-state index contributed by atoms with van der Waals surface area (Å²) in [5, 5.41) is 0. The van der Waals surface area contributed by atoms with Crippen molar-refractivity contribution in [3.63, 3.8) is 0 Å². The molecule has 2 aliphatic heterocycles. The summed E-state index contributed by atoms with van der Waals surface area (Å²) in [6.07, 6.45) is 7.88. The number of hydrogen-bond donors (Lipinski definition) is 3. The minimum atomic E-state index is 0.564. The highest BCUT2D eigenvalue weighted by molar-refractivity contribution is 5.79. The van der Waals surface area contributed by atoms with Gasteiger partial charge in [-0.2, -0.15) is 5.90 Å². The predicted molar refractivity (Wildman–Crippen MR) is 104 cm³/mol. The van der Waals surface area contributed by atoms with Gasteiger partial charge in [-0.05, 0) is 60.7 Å². The molecule has 8 bridgehead atoms. The third-order valence-electron chi connectivity index (χ3n) is 4.26. The van der Waals surface area contributed by atoms with E-state index in [1.165, 1.54) is 0 Å². The number of rotatable bonds is 1. The van der Waals surface area contributed by atoms with Gasteiger partial charge >= 0.3 is 0 Å². The molecule has 0 radical (unpaired) electrons. The number of H-pyrrole nitrogens is 2. The lowest BCUT2D eigenvalue weighted by Gasteiger charge is -1.91. The van der Waals surface area contributed by atoms with Crippen LogP contribution in [0.1, 0.15) is 22.8 Å². The van der Waals surface area contributed by atoms with Gasteiger partial charge in [0.25, 0.3) is 0 Å². The summed E-state index contributed by atoms with van der Waals surface area (Å²) in [5.41, 5.74) is 7.03. The number of fused-ring (bicyclic) bond motifs is 8. The molecule has 6 nitrogen and oxygen atoms in total. The molecule has 3 aromatic rings. The molecule has 0 fully saturated rings. The molecule has 0 atom stereocenters. The number of hydrogen-bond acceptors (Lipinski definition) is 4. The van der Waals surface area contributed by atoms with Gasteiger partial charge in [-0.15, -0.1) is 0 Å². The Labute approximate surface area is 148 Å². The lowest BCUT2D eigenvalue weighted by molar-refractivity contribution is 0.339. The van der Waals surface area contributed by atoms with Crippen molar-refractivity contribution in [2.45, 2.75) is 0 Å². The van der Waals surface area contributed by atoms with E-state index in [1.807, 2.05) is 66.8 Å². The third kappa shape index (κ3) is 2.68. The number of nitrogens with zero attached hydrogens (tertiary/aromatic N) is 2. The molecule has 3 aromatic heterocycles. The van der Waals surface area contributed by atoms with Gasteiger partial charge in [-0.25, -0.2) is 9.97 Å². The molecule has 4 N–H and O–H groups in total. The Morgan fingerprint density at radius 3 is 1.96 bits per heavy atom. The Bertz CT molecular complexity index is 1230. The van der Waals surface area contributed by atoms with Gasteiger partial charge in [0.05, 0.1) is 28.3 Å². The van der Waals surface area contributed by atoms with Crippen molar-refractivity contribution in [1.82, 2.24) is 19.9 Å². The van der Waals surface area contributed by atoms with Crippen molar-refractivity contribution in [2.75, 3.05) is 0 Å². The van der Waals surface area contributed by atoms with E-state index in [4.69, 9.17) is 10.7 Å². The third-order valence-corrected chi connectivity index (χ3v) is 4.26. The summed E-state index contributed by atoms with van der Waals surface area (Å²) in [4.78, 5) is 20.9. The van der Waals surface area contributed by atoms with Gasteiger partial charge in [0.2, 0.25) is 0 Å². The molecule has 2 aliphatic rings. The van der Waals surface area contributed by atoms with Crippen LogP contribution < -0.4 is 10.7 Å². The van der Waals surface area contributed by atoms with Gasteiger partial charge in [0, 0.05) is 22.6 Å². The van der Waals surface area contributed by atoms with Crippen LogP contribution in [-0.4, -0.2) is 19.9 Å². The molecule has 0 spiro atoms. The van der Waals surface area contributed by atoms with E-state index in [2.05, 4.69) is 19.9 Å². The van der Waals surface area contributed by atoms with Crippen LogP contribution in [0.15, 0.2) is 42.5 Å². The van der Waals surface area contributed by atoms with Crippen molar-refractivity contribution in [3.8, 4) is 5.75 Å². The number of aromatic nitrogens is 4. The summed E-state index contributed by atoms with van der Waals surface area (Å²) < 4.78 is 0. The molecule has 0 aromatic carbocycles. The lowest BCUT2D eigenvalue weighted by Crippen LogP contribution is -2.00. The summed E-state index contributed by atoms with van der Waals surface area (Å²) in [7, 11) is 0. The minimum Gasteiger partial charge on any atom is -0.409 e. The fraction of sp³-hybridized carbons (Fsp3) is 0. The monoisotopic (exact) mass is 341 g/mol. The van der Waals surface area contributed by atoms with Gasteiger partial charge in [0.15, 0.2) is 5.75 Å². The molecule has 0 aliphatic carbocycles. The molecule has 5 heterocycles. The molecule has 0 saturated carbocycles. The van der Waals surface area contributed by atoms with Crippen molar-refractivity contribution in [2.24, 2.45) is 5.90 Å². The fourth-order valence-corrected chi connectivity index (χ4v) is 3.09. The second-order valence-corrected chi connectivity index (χ2v) is 6.16. The molecule has 5 rings (SSSR count). The van der Waals surface area contributed by atoms with Crippen molar-refractivity contribution in [3.05, 3.63) is 65.2 Å². The average Bonchev–Trinajstić information content (AvgIpc) is 3.39. The maximum absolute atomic E-state index is 5.42. The standard InChI is InChI=1S/C20H15N5O/c21-26-20-11-18-9-16-4-3-14(23-16)7-12-1-2-13(22-12)8-15-5-6-17(24-15)10-19(20)25-18/h1-11,23,25H,21H2. The predicted octanol–water partition coefficient (Wildman–Crippen LogP) is 3.91. The number of aromatic amines is 2. The van der Waals surface area contributed by atoms with Crippen molar-refractivity contribution >= 4 is 46.4 Å². The maximum Gasteiger partial charge on any atom is 0.172 e. The van der Waals surface area contributed by atoms with Crippen LogP contribution in [0.3, 0.4) is 0 Å². The van der Waals surface area contributed by atoms with Gasteiger partial charge in [0.1, 0.15) is 0 Å². The highest BCUT2D eigenvalue weighted by Crippen LogP contribution is 2.23. The molecule has 0 amide bonds. The van der Waals surface area contributed by atoms with Crippen LogP contribution in [0.5, 0.6) is 5.75 Å². The van der Waals surface area contributed by atoms with E-state index in [9.17, 15) is 0 Å². The minimum absolute atomic E-state index is 0.564. The normalized spacial score (nSPS) is 12.5. The van der Waals surface area contributed by atoms with Crippen LogP contribution in [0.25, 0.3) is 46.4 Å². The summed E-state index contributed by atoms with van der Waals surface area (Å²) in [5.74, 6) is 5.98. The Balaban J connectivity index is 1.86. The topological polar surface area (TPSA) is 92.6 Å². The second kappa shape index (κ2) is 5.72. The van der Waals surface area contributed by atoms with E-state index in [0.29, 0.717) is 5.75 Å². The molecule has 26 heavy (non-hydrogen) atoms. The van der Waals surface area contributed by atoms with Crippen LogP contribution >= 0.6 is 0 Å². The van der Waals surface area contributed by atoms with Crippen LogP contribution in [0.2, 0.25) is 0 Å². The van der Waals surface area contributed by atoms with Gasteiger partial charge in [-0.1, -0.05) is 0 Å². The van der Waals surface area contributed by atoms with E-state index in [0.717, 1.165) is 44.8 Å². The molecule has 126 valence electrons. The lowest BCUT2D eigenvalue weighted by atomic mass is 10.3. The van der Waals surface area contributed by atoms with Gasteiger partial charge < -0.3 is 14.8 Å². The Morgan fingerprint density at radius 2 is 1.27 bits per heavy atom. The highest BCUT2D eigenvalue weighted by atomic mass is 16.6. The van der Waals surface area contributed by atoms with E-state index in [1.54, 1.807) is 0 Å². The fourth-order valence-electron chi connectivity index (χ4n) is 3.09. The average molecular weight is 341 g/mol. The van der Waals surface area contributed by atoms with Crippen molar-refractivity contribution < 1.29 is 4.84 Å². The summed E-state index contributed by atoms with van der Waals surface area (Å²) in [6.45, 7) is 0. The first kappa shape index (κ1) is 14.7. The smallest absolute Gasteiger partial charge is 0.172 e. The molecule has 0 unspecified atom stereocenters. The van der Waals surface area contributed by atoms with Crippen LogP contribution in [0.4, 0.5) is 0 Å². The Hall–Kier alpha value is -3.64. The Kier molecular flexibility index (Phi) is 3.23. The second-order valence-electron chi connectivity index (χ2n) is 6.16. The highest BCUT2D eigenvalue weighted by Gasteiger charge is 2.05. The van der Waals surface area contributed by atoms with E-state index < -0.39 is 0 Å². The number of nitrogens with one attached hydrogen (secondary N) is 2. The first-order valence-corrected chi connectivity index (χ1v) is 8.20.